The Bertz CT molecular complexity index is 1130. The Kier molecular flexibility index (Phi) is 6.20. The third-order valence-electron chi connectivity index (χ3n) is 4.69. The molecule has 0 atom stereocenters. The number of aryl methyl sites for hydroxylation is 1. The molecule has 9 heteroatoms. The molecule has 3 aromatic rings. The molecule has 2 heterocycles. The number of phenols is 1. The maximum atomic E-state index is 13.2. The zero-order chi connectivity index (χ0) is 22.8. The molecular formula is C22H21F3N4O2. The molecule has 0 unspecified atom stereocenters. The molecule has 0 aliphatic carbocycles. The topological polar surface area (TPSA) is 84.0 Å². The summed E-state index contributed by atoms with van der Waals surface area (Å²) in [6.45, 7) is 4.48. The van der Waals surface area contributed by atoms with Crippen molar-refractivity contribution in [2.24, 2.45) is 13.0 Å². The van der Waals surface area contributed by atoms with Gasteiger partial charge in [0.25, 0.3) is 0 Å². The minimum Gasteiger partial charge on any atom is -0.506 e. The van der Waals surface area contributed by atoms with Crippen LogP contribution in [0.5, 0.6) is 11.5 Å². The van der Waals surface area contributed by atoms with Crippen LogP contribution in [0, 0.1) is 17.2 Å². The average molecular weight is 430 g/mol. The zero-order valence-electron chi connectivity index (χ0n) is 17.2. The van der Waals surface area contributed by atoms with Gasteiger partial charge in [-0.05, 0) is 36.6 Å². The van der Waals surface area contributed by atoms with Crippen LogP contribution in [0.25, 0.3) is 22.4 Å². The van der Waals surface area contributed by atoms with E-state index in [4.69, 9.17) is 4.74 Å². The predicted octanol–water partition coefficient (Wildman–Crippen LogP) is 5.17. The van der Waals surface area contributed by atoms with Crippen LogP contribution in [-0.2, 0) is 13.2 Å². The van der Waals surface area contributed by atoms with E-state index in [1.807, 2.05) is 19.9 Å². The van der Waals surface area contributed by atoms with E-state index in [-0.39, 0.29) is 28.1 Å². The van der Waals surface area contributed by atoms with Crippen molar-refractivity contribution in [2.45, 2.75) is 26.4 Å². The SMILES string of the molecule is CC(C)CCOc1ccc(-c2cc(C(F)(F)F)n(C)n2)c(O)c1-c1cncc(C#N)c1. The highest BCUT2D eigenvalue weighted by molar-refractivity contribution is 5.85. The van der Waals surface area contributed by atoms with Gasteiger partial charge in [0.2, 0.25) is 0 Å². The Labute approximate surface area is 177 Å². The van der Waals surface area contributed by atoms with Crippen LogP contribution in [0.15, 0.2) is 36.7 Å². The Hall–Kier alpha value is -3.54. The smallest absolute Gasteiger partial charge is 0.433 e. The molecule has 1 aromatic carbocycles. The summed E-state index contributed by atoms with van der Waals surface area (Å²) < 4.78 is 46.2. The fourth-order valence-electron chi connectivity index (χ4n) is 3.09. The van der Waals surface area contributed by atoms with Crippen LogP contribution in [0.1, 0.15) is 31.5 Å². The van der Waals surface area contributed by atoms with Gasteiger partial charge in [0.1, 0.15) is 23.3 Å². The maximum Gasteiger partial charge on any atom is 0.433 e. The second kappa shape index (κ2) is 8.68. The van der Waals surface area contributed by atoms with Gasteiger partial charge < -0.3 is 9.84 Å². The summed E-state index contributed by atoms with van der Waals surface area (Å²) in [7, 11) is 1.19. The first-order valence-corrected chi connectivity index (χ1v) is 9.57. The highest BCUT2D eigenvalue weighted by Gasteiger charge is 2.35. The van der Waals surface area contributed by atoms with Gasteiger partial charge in [0, 0.05) is 30.6 Å². The monoisotopic (exact) mass is 430 g/mol. The molecule has 6 nitrogen and oxygen atoms in total. The molecule has 0 saturated heterocycles. The standard InChI is InChI=1S/C22H21F3N4O2/c1-13(2)6-7-31-18-5-4-16(17-9-19(22(23,24)25)29(3)28-17)21(30)20(18)15-8-14(10-26)11-27-12-15/h4-5,8-9,11-13,30H,6-7H2,1-3H3. The van der Waals surface area contributed by atoms with Crippen molar-refractivity contribution in [1.82, 2.24) is 14.8 Å². The average Bonchev–Trinajstić information content (AvgIpc) is 3.09. The van der Waals surface area contributed by atoms with Gasteiger partial charge in [0.15, 0.2) is 0 Å². The van der Waals surface area contributed by atoms with Crippen molar-refractivity contribution in [2.75, 3.05) is 6.61 Å². The lowest BCUT2D eigenvalue weighted by Crippen LogP contribution is -2.11. The van der Waals surface area contributed by atoms with Gasteiger partial charge >= 0.3 is 6.18 Å². The van der Waals surface area contributed by atoms with E-state index in [0.29, 0.717) is 23.8 Å². The minimum absolute atomic E-state index is 0.0355. The van der Waals surface area contributed by atoms with Crippen LogP contribution >= 0.6 is 0 Å². The largest absolute Gasteiger partial charge is 0.506 e. The zero-order valence-corrected chi connectivity index (χ0v) is 17.2. The number of aromatic nitrogens is 3. The molecule has 0 radical (unpaired) electrons. The molecule has 0 fully saturated rings. The summed E-state index contributed by atoms with van der Waals surface area (Å²) in [6.07, 6.45) is -0.983. The number of phenolic OH excluding ortho intramolecular Hbond substituents is 1. The summed E-state index contributed by atoms with van der Waals surface area (Å²) in [5.41, 5.74) is 0.0582. The third kappa shape index (κ3) is 4.79. The summed E-state index contributed by atoms with van der Waals surface area (Å²) in [5, 5.41) is 24.1. The van der Waals surface area contributed by atoms with Crippen LogP contribution < -0.4 is 4.74 Å². The van der Waals surface area contributed by atoms with Gasteiger partial charge in [-0.15, -0.1) is 0 Å². The number of ether oxygens (including phenoxy) is 1. The number of rotatable bonds is 6. The van der Waals surface area contributed by atoms with E-state index in [9.17, 15) is 23.5 Å². The Balaban J connectivity index is 2.14. The second-order valence-electron chi connectivity index (χ2n) is 7.48. The Morgan fingerprint density at radius 3 is 2.58 bits per heavy atom. The number of nitrogens with zero attached hydrogens (tertiary/aromatic N) is 4. The number of alkyl halides is 3. The molecule has 31 heavy (non-hydrogen) atoms. The summed E-state index contributed by atoms with van der Waals surface area (Å²) in [4.78, 5) is 4.02. The van der Waals surface area contributed by atoms with Gasteiger partial charge in [-0.2, -0.15) is 23.5 Å². The van der Waals surface area contributed by atoms with Crippen molar-refractivity contribution in [3.05, 3.63) is 47.9 Å². The minimum atomic E-state index is -4.58. The van der Waals surface area contributed by atoms with Crippen molar-refractivity contribution in [1.29, 1.82) is 5.26 Å². The lowest BCUT2D eigenvalue weighted by Gasteiger charge is -2.16. The molecule has 0 spiro atoms. The molecule has 0 bridgehead atoms. The van der Waals surface area contributed by atoms with E-state index < -0.39 is 11.9 Å². The molecule has 3 rings (SSSR count). The van der Waals surface area contributed by atoms with Gasteiger partial charge in [-0.25, -0.2) is 0 Å². The number of benzene rings is 1. The van der Waals surface area contributed by atoms with Crippen LogP contribution in [0.4, 0.5) is 13.2 Å². The van der Waals surface area contributed by atoms with E-state index >= 15 is 0 Å². The summed E-state index contributed by atoms with van der Waals surface area (Å²) in [6, 6.07) is 7.43. The maximum absolute atomic E-state index is 13.2. The fourth-order valence-corrected chi connectivity index (χ4v) is 3.09. The molecule has 0 aliphatic heterocycles. The van der Waals surface area contributed by atoms with Crippen molar-refractivity contribution in [3.8, 4) is 40.0 Å². The Morgan fingerprint density at radius 1 is 1.23 bits per heavy atom. The first-order chi connectivity index (χ1) is 14.6. The van der Waals surface area contributed by atoms with Crippen molar-refractivity contribution < 1.29 is 23.0 Å². The number of aromatic hydroxyl groups is 1. The number of halogens is 3. The van der Waals surface area contributed by atoms with Crippen LogP contribution in [-0.4, -0.2) is 26.5 Å². The quantitative estimate of drug-likeness (QED) is 0.583. The fraction of sp³-hybridized carbons (Fsp3) is 0.318. The highest BCUT2D eigenvalue weighted by atomic mass is 19.4. The predicted molar refractivity (Wildman–Crippen MR) is 108 cm³/mol. The van der Waals surface area contributed by atoms with E-state index in [2.05, 4.69) is 10.1 Å². The third-order valence-corrected chi connectivity index (χ3v) is 4.69. The van der Waals surface area contributed by atoms with Gasteiger partial charge in [-0.1, -0.05) is 13.8 Å². The number of hydrogen-bond acceptors (Lipinski definition) is 5. The van der Waals surface area contributed by atoms with E-state index in [0.717, 1.165) is 17.2 Å². The molecule has 0 aliphatic rings. The van der Waals surface area contributed by atoms with E-state index in [1.165, 1.54) is 31.6 Å². The second-order valence-corrected chi connectivity index (χ2v) is 7.48. The van der Waals surface area contributed by atoms with Gasteiger partial charge in [0.05, 0.1) is 23.4 Å². The van der Waals surface area contributed by atoms with Crippen LogP contribution in [0.3, 0.4) is 0 Å². The normalized spacial score (nSPS) is 11.5. The molecular weight excluding hydrogens is 409 g/mol. The highest BCUT2D eigenvalue weighted by Crippen LogP contribution is 2.44. The Morgan fingerprint density at radius 2 is 1.97 bits per heavy atom. The van der Waals surface area contributed by atoms with E-state index in [1.54, 1.807) is 6.07 Å². The number of hydrogen-bond donors (Lipinski definition) is 1. The number of nitriles is 1. The molecule has 1 N–H and O–H groups in total. The summed E-state index contributed by atoms with van der Waals surface area (Å²) >= 11 is 0. The molecule has 162 valence electrons. The first kappa shape index (κ1) is 22.2. The molecule has 2 aromatic heterocycles. The van der Waals surface area contributed by atoms with Crippen molar-refractivity contribution in [3.63, 3.8) is 0 Å². The number of pyridine rings is 1. The first-order valence-electron chi connectivity index (χ1n) is 9.57. The lowest BCUT2D eigenvalue weighted by molar-refractivity contribution is -0.143. The molecule has 0 amide bonds. The summed E-state index contributed by atoms with van der Waals surface area (Å²) in [5.74, 6) is 0.436. The van der Waals surface area contributed by atoms with Crippen LogP contribution in [0.2, 0.25) is 0 Å². The molecule has 0 saturated carbocycles. The van der Waals surface area contributed by atoms with Crippen molar-refractivity contribution >= 4 is 0 Å². The van der Waals surface area contributed by atoms with Gasteiger partial charge in [-0.3, -0.25) is 9.67 Å². The lowest BCUT2D eigenvalue weighted by atomic mass is 9.99.